The number of hydrogen-bond donors (Lipinski definition) is 0. The van der Waals surface area contributed by atoms with Crippen LogP contribution < -0.4 is 4.57 Å². The van der Waals surface area contributed by atoms with Gasteiger partial charge in [-0.1, -0.05) is 36.4 Å². The smallest absolute Gasteiger partial charge is 0.224 e. The fourth-order valence-electron chi connectivity index (χ4n) is 5.84. The highest BCUT2D eigenvalue weighted by Gasteiger charge is 2.26. The van der Waals surface area contributed by atoms with Crippen molar-refractivity contribution in [3.8, 4) is 17.2 Å². The third-order valence-electron chi connectivity index (χ3n) is 7.52. The summed E-state index contributed by atoms with van der Waals surface area (Å²) in [5, 5.41) is 15.9. The number of benzene rings is 4. The Balaban J connectivity index is 1.88. The molecule has 0 radical (unpaired) electrons. The lowest BCUT2D eigenvalue weighted by atomic mass is 9.94. The van der Waals surface area contributed by atoms with Crippen molar-refractivity contribution in [2.75, 3.05) is 0 Å². The van der Waals surface area contributed by atoms with Gasteiger partial charge in [0.15, 0.2) is 6.20 Å². The zero-order chi connectivity index (χ0) is 23.1. The molecule has 0 amide bonds. The molecule has 0 bridgehead atoms. The molecule has 3 heterocycles. The Kier molecular flexibility index (Phi) is 3.68. The molecule has 0 aliphatic heterocycles. The Bertz CT molecular complexity index is 1990. The van der Waals surface area contributed by atoms with Crippen LogP contribution >= 0.6 is 0 Å². The van der Waals surface area contributed by atoms with Crippen molar-refractivity contribution in [3.63, 3.8) is 0 Å². The van der Waals surface area contributed by atoms with Crippen molar-refractivity contribution in [3.05, 3.63) is 95.7 Å². The third-order valence-corrected chi connectivity index (χ3v) is 7.52. The molecule has 3 aromatic heterocycles. The number of rotatable bonds is 1. The molecule has 7 aromatic rings. The third kappa shape index (κ3) is 2.27. The summed E-state index contributed by atoms with van der Waals surface area (Å²) in [6, 6.07) is 28.2. The van der Waals surface area contributed by atoms with E-state index in [1.807, 2.05) is 12.1 Å². The minimum absolute atomic E-state index is 0.723. The fourth-order valence-corrected chi connectivity index (χ4v) is 5.84. The quantitative estimate of drug-likeness (QED) is 0.155. The van der Waals surface area contributed by atoms with Crippen molar-refractivity contribution in [1.29, 1.82) is 5.26 Å². The largest absolute Gasteiger partial charge is 0.307 e. The Morgan fingerprint density at radius 2 is 1.62 bits per heavy atom. The molecule has 0 aliphatic rings. The van der Waals surface area contributed by atoms with E-state index in [9.17, 15) is 5.26 Å². The molecule has 0 atom stereocenters. The van der Waals surface area contributed by atoms with Gasteiger partial charge < -0.3 is 4.40 Å². The molecule has 160 valence electrons. The van der Waals surface area contributed by atoms with Crippen LogP contribution in [0.1, 0.15) is 16.7 Å². The second-order valence-corrected chi connectivity index (χ2v) is 9.34. The number of fused-ring (bicyclic) bond motifs is 5. The van der Waals surface area contributed by atoms with Gasteiger partial charge in [-0.2, -0.15) is 5.26 Å². The summed E-state index contributed by atoms with van der Waals surface area (Å²) in [7, 11) is 2.14. The molecule has 0 spiro atoms. The summed E-state index contributed by atoms with van der Waals surface area (Å²) in [5.74, 6) is 0. The zero-order valence-corrected chi connectivity index (χ0v) is 19.3. The van der Waals surface area contributed by atoms with E-state index in [1.54, 1.807) is 0 Å². The summed E-state index contributed by atoms with van der Waals surface area (Å²) in [6.07, 6.45) is 2.17. The minimum Gasteiger partial charge on any atom is -0.307 e. The Morgan fingerprint density at radius 3 is 2.41 bits per heavy atom. The molecule has 0 saturated carbocycles. The van der Waals surface area contributed by atoms with Crippen LogP contribution in [0.5, 0.6) is 0 Å². The Labute approximate surface area is 197 Å². The molecule has 3 nitrogen and oxygen atoms in total. The second-order valence-electron chi connectivity index (χ2n) is 9.34. The maximum atomic E-state index is 9.99. The average Bonchev–Trinajstić information content (AvgIpc) is 3.20. The molecule has 7 rings (SSSR count). The van der Waals surface area contributed by atoms with E-state index >= 15 is 0 Å². The standard InChI is InChI=1S/C31H22N3/c1-18-14-24-28-22(17-32)10-7-11-25(28)34-26-16-23(20-8-5-4-6-9-20)15-21-12-13-33(3)31(29(21)26)27(19(18)2)30(24)34/h4-16H,1-3H3/q+1. The summed E-state index contributed by atoms with van der Waals surface area (Å²) in [4.78, 5) is 0. The van der Waals surface area contributed by atoms with Crippen LogP contribution in [-0.2, 0) is 7.05 Å². The molecule has 0 saturated heterocycles. The summed E-state index contributed by atoms with van der Waals surface area (Å²) in [6.45, 7) is 4.40. The maximum absolute atomic E-state index is 9.99. The lowest BCUT2D eigenvalue weighted by Gasteiger charge is -2.15. The molecule has 3 heteroatoms. The number of pyridine rings is 2. The van der Waals surface area contributed by atoms with Crippen molar-refractivity contribution in [2.45, 2.75) is 13.8 Å². The van der Waals surface area contributed by atoms with Gasteiger partial charge in [0, 0.05) is 16.8 Å². The van der Waals surface area contributed by atoms with E-state index in [2.05, 4.69) is 103 Å². The first-order valence-electron chi connectivity index (χ1n) is 11.6. The minimum atomic E-state index is 0.723. The highest BCUT2D eigenvalue weighted by atomic mass is 15.0. The number of nitrogens with zero attached hydrogens (tertiary/aromatic N) is 3. The van der Waals surface area contributed by atoms with Gasteiger partial charge in [-0.3, -0.25) is 0 Å². The first-order chi connectivity index (χ1) is 16.6. The predicted molar refractivity (Wildman–Crippen MR) is 139 cm³/mol. The zero-order valence-electron chi connectivity index (χ0n) is 19.3. The van der Waals surface area contributed by atoms with E-state index in [0.29, 0.717) is 0 Å². The average molecular weight is 437 g/mol. The number of aryl methyl sites for hydroxylation is 3. The van der Waals surface area contributed by atoms with Crippen LogP contribution in [0.3, 0.4) is 0 Å². The number of hydrogen-bond acceptors (Lipinski definition) is 1. The first kappa shape index (κ1) is 19.1. The molecule has 34 heavy (non-hydrogen) atoms. The van der Waals surface area contributed by atoms with Gasteiger partial charge >= 0.3 is 0 Å². The molecule has 4 aromatic carbocycles. The first-order valence-corrected chi connectivity index (χ1v) is 11.6. The van der Waals surface area contributed by atoms with E-state index in [0.717, 1.165) is 21.9 Å². The second kappa shape index (κ2) is 6.56. The summed E-state index contributed by atoms with van der Waals surface area (Å²) < 4.78 is 4.65. The van der Waals surface area contributed by atoms with Gasteiger partial charge in [0.25, 0.3) is 0 Å². The van der Waals surface area contributed by atoms with Crippen molar-refractivity contribution >= 4 is 49.0 Å². The SMILES string of the molecule is Cc1cc2c3c(C#N)cccc3n3c4cc(-c5ccccc5)cc5cc[n+](C)c(c(c1C)c23)c54. The van der Waals surface area contributed by atoms with Gasteiger partial charge in [0.2, 0.25) is 5.52 Å². The summed E-state index contributed by atoms with van der Waals surface area (Å²) >= 11 is 0. The van der Waals surface area contributed by atoms with Crippen LogP contribution in [0.25, 0.3) is 60.1 Å². The van der Waals surface area contributed by atoms with E-state index in [4.69, 9.17) is 0 Å². The number of nitriles is 1. The Hall–Kier alpha value is -4.42. The number of aromatic nitrogens is 2. The van der Waals surface area contributed by atoms with Crippen LogP contribution in [-0.4, -0.2) is 4.40 Å². The maximum Gasteiger partial charge on any atom is 0.224 e. The Morgan fingerprint density at radius 1 is 0.794 bits per heavy atom. The fraction of sp³-hybridized carbons (Fsp3) is 0.0968. The highest BCUT2D eigenvalue weighted by Crippen LogP contribution is 2.43. The van der Waals surface area contributed by atoms with Crippen LogP contribution in [0.15, 0.2) is 79.0 Å². The monoisotopic (exact) mass is 436 g/mol. The van der Waals surface area contributed by atoms with Gasteiger partial charge in [0.1, 0.15) is 7.05 Å². The van der Waals surface area contributed by atoms with Gasteiger partial charge in [-0.25, -0.2) is 4.57 Å². The van der Waals surface area contributed by atoms with E-state index in [1.165, 1.54) is 55.0 Å². The lowest BCUT2D eigenvalue weighted by Crippen LogP contribution is -2.29. The van der Waals surface area contributed by atoms with Crippen molar-refractivity contribution in [1.82, 2.24) is 4.40 Å². The molecular weight excluding hydrogens is 414 g/mol. The normalized spacial score (nSPS) is 11.9. The molecule has 0 aliphatic carbocycles. The molecule has 0 N–H and O–H groups in total. The van der Waals surface area contributed by atoms with Crippen LogP contribution in [0, 0.1) is 25.2 Å². The van der Waals surface area contributed by atoms with Crippen LogP contribution in [0.2, 0.25) is 0 Å². The van der Waals surface area contributed by atoms with Crippen LogP contribution in [0.4, 0.5) is 0 Å². The molecular formula is C31H22N3+. The molecule has 0 fully saturated rings. The molecule has 0 unspecified atom stereocenters. The van der Waals surface area contributed by atoms with E-state index in [-0.39, 0.29) is 0 Å². The lowest BCUT2D eigenvalue weighted by molar-refractivity contribution is -0.643. The van der Waals surface area contributed by atoms with Crippen molar-refractivity contribution in [2.24, 2.45) is 7.05 Å². The summed E-state index contributed by atoms with van der Waals surface area (Å²) in [5.41, 5.74) is 10.4. The highest BCUT2D eigenvalue weighted by molar-refractivity contribution is 6.27. The topological polar surface area (TPSA) is 32.1 Å². The van der Waals surface area contributed by atoms with Crippen molar-refractivity contribution < 1.29 is 4.57 Å². The van der Waals surface area contributed by atoms with Gasteiger partial charge in [0.05, 0.1) is 39.0 Å². The predicted octanol–water partition coefficient (Wildman–Crippen LogP) is 6.97. The van der Waals surface area contributed by atoms with Gasteiger partial charge in [-0.05, 0) is 71.8 Å². The van der Waals surface area contributed by atoms with Gasteiger partial charge in [-0.15, -0.1) is 0 Å². The van der Waals surface area contributed by atoms with E-state index < -0.39 is 0 Å².